The molecule has 0 atom stereocenters. The lowest BCUT2D eigenvalue weighted by molar-refractivity contribution is 0.103. The molecular weight excluding hydrogens is 251 g/mol. The Hall–Kier alpha value is -2.19. The Morgan fingerprint density at radius 3 is 2.83 bits per heavy atom. The number of nitriles is 1. The molecule has 1 heterocycles. The summed E-state index contributed by atoms with van der Waals surface area (Å²) in [7, 11) is 0. The van der Waals surface area contributed by atoms with Crippen molar-refractivity contribution in [2.24, 2.45) is 0 Å². The van der Waals surface area contributed by atoms with E-state index in [1.54, 1.807) is 6.07 Å². The number of nitrogens with zero attached hydrogens (tertiary/aromatic N) is 1. The van der Waals surface area contributed by atoms with E-state index in [4.69, 9.17) is 5.26 Å². The predicted octanol–water partition coefficient (Wildman–Crippen LogP) is 3.32. The molecule has 0 unspecified atom stereocenters. The van der Waals surface area contributed by atoms with Crippen molar-refractivity contribution in [2.45, 2.75) is 6.92 Å². The van der Waals surface area contributed by atoms with Crippen LogP contribution in [0.1, 0.15) is 20.8 Å². The standard InChI is InChI=1S/C13H9FN2OS/c1-8-4-5-18-12(8)13(17)16-10-2-3-11(14)9(6-10)7-15/h2-6H,1H3,(H,16,17). The van der Waals surface area contributed by atoms with Crippen molar-refractivity contribution in [2.75, 3.05) is 5.32 Å². The van der Waals surface area contributed by atoms with Crippen LogP contribution in [0.15, 0.2) is 29.6 Å². The number of thiophene rings is 1. The number of rotatable bonds is 2. The predicted molar refractivity (Wildman–Crippen MR) is 68.1 cm³/mol. The van der Waals surface area contributed by atoms with Gasteiger partial charge in [-0.15, -0.1) is 11.3 Å². The van der Waals surface area contributed by atoms with Crippen LogP contribution in [0.2, 0.25) is 0 Å². The molecule has 90 valence electrons. The number of aryl methyl sites for hydroxylation is 1. The summed E-state index contributed by atoms with van der Waals surface area (Å²) in [6.45, 7) is 1.84. The molecule has 1 aromatic heterocycles. The fraction of sp³-hybridized carbons (Fsp3) is 0.0769. The molecule has 0 spiro atoms. The van der Waals surface area contributed by atoms with Crippen LogP contribution in [0.25, 0.3) is 0 Å². The molecular formula is C13H9FN2OS. The maximum atomic E-state index is 13.1. The van der Waals surface area contributed by atoms with E-state index in [0.29, 0.717) is 10.6 Å². The van der Waals surface area contributed by atoms with Crippen LogP contribution in [-0.4, -0.2) is 5.91 Å². The highest BCUT2D eigenvalue weighted by molar-refractivity contribution is 7.12. The maximum absolute atomic E-state index is 13.1. The first-order chi connectivity index (χ1) is 8.61. The van der Waals surface area contributed by atoms with Crippen LogP contribution < -0.4 is 5.32 Å². The van der Waals surface area contributed by atoms with Crippen LogP contribution in [-0.2, 0) is 0 Å². The second-order valence-electron chi connectivity index (χ2n) is 3.69. The summed E-state index contributed by atoms with van der Waals surface area (Å²) >= 11 is 1.34. The van der Waals surface area contributed by atoms with Gasteiger partial charge in [-0.1, -0.05) is 0 Å². The zero-order chi connectivity index (χ0) is 13.1. The van der Waals surface area contributed by atoms with Gasteiger partial charge in [0.15, 0.2) is 0 Å². The smallest absolute Gasteiger partial charge is 0.265 e. The minimum Gasteiger partial charge on any atom is -0.321 e. The Balaban J connectivity index is 2.23. The summed E-state index contributed by atoms with van der Waals surface area (Å²) < 4.78 is 13.1. The number of carbonyl (C=O) groups is 1. The Morgan fingerprint density at radius 1 is 1.44 bits per heavy atom. The molecule has 0 saturated heterocycles. The van der Waals surface area contributed by atoms with E-state index < -0.39 is 5.82 Å². The average molecular weight is 260 g/mol. The van der Waals surface area contributed by atoms with Crippen LogP contribution in [0.4, 0.5) is 10.1 Å². The lowest BCUT2D eigenvalue weighted by atomic mass is 10.2. The van der Waals surface area contributed by atoms with E-state index in [1.807, 2.05) is 18.4 Å². The van der Waals surface area contributed by atoms with Gasteiger partial charge in [0.1, 0.15) is 11.9 Å². The lowest BCUT2D eigenvalue weighted by Crippen LogP contribution is -2.11. The Bertz CT molecular complexity index is 643. The number of carbonyl (C=O) groups excluding carboxylic acids is 1. The first-order valence-electron chi connectivity index (χ1n) is 5.17. The van der Waals surface area contributed by atoms with Crippen molar-refractivity contribution < 1.29 is 9.18 Å². The van der Waals surface area contributed by atoms with Gasteiger partial charge in [0.25, 0.3) is 5.91 Å². The van der Waals surface area contributed by atoms with Crippen molar-refractivity contribution in [3.63, 3.8) is 0 Å². The largest absolute Gasteiger partial charge is 0.321 e. The van der Waals surface area contributed by atoms with Crippen molar-refractivity contribution in [3.05, 3.63) is 51.5 Å². The molecule has 0 aliphatic heterocycles. The van der Waals surface area contributed by atoms with Crippen LogP contribution in [0.3, 0.4) is 0 Å². The van der Waals surface area contributed by atoms with Gasteiger partial charge in [-0.3, -0.25) is 4.79 Å². The zero-order valence-corrected chi connectivity index (χ0v) is 10.3. The molecule has 5 heteroatoms. The van der Waals surface area contributed by atoms with E-state index in [2.05, 4.69) is 5.32 Å². The van der Waals surface area contributed by atoms with E-state index in [9.17, 15) is 9.18 Å². The number of halogens is 1. The van der Waals surface area contributed by atoms with Gasteiger partial charge in [0.05, 0.1) is 10.4 Å². The quantitative estimate of drug-likeness (QED) is 0.900. The number of nitrogens with one attached hydrogen (secondary N) is 1. The molecule has 1 amide bonds. The minimum atomic E-state index is -0.595. The molecule has 0 aliphatic carbocycles. The van der Waals surface area contributed by atoms with E-state index in [0.717, 1.165) is 11.6 Å². The molecule has 1 aromatic carbocycles. The van der Waals surface area contributed by atoms with E-state index in [1.165, 1.54) is 23.5 Å². The number of hydrogen-bond acceptors (Lipinski definition) is 3. The first-order valence-corrected chi connectivity index (χ1v) is 6.05. The number of hydrogen-bond donors (Lipinski definition) is 1. The molecule has 3 nitrogen and oxygen atoms in total. The number of benzene rings is 1. The SMILES string of the molecule is Cc1ccsc1C(=O)Nc1ccc(F)c(C#N)c1. The highest BCUT2D eigenvalue weighted by atomic mass is 32.1. The van der Waals surface area contributed by atoms with Gasteiger partial charge >= 0.3 is 0 Å². The summed E-state index contributed by atoms with van der Waals surface area (Å²) in [4.78, 5) is 12.5. The molecule has 0 aliphatic rings. The highest BCUT2D eigenvalue weighted by Gasteiger charge is 2.11. The first kappa shape index (κ1) is 12.3. The summed E-state index contributed by atoms with van der Waals surface area (Å²) in [5.74, 6) is -0.846. The van der Waals surface area contributed by atoms with Crippen molar-refractivity contribution in [1.29, 1.82) is 5.26 Å². The Morgan fingerprint density at radius 2 is 2.22 bits per heavy atom. The summed E-state index contributed by atoms with van der Waals surface area (Å²) in [5.41, 5.74) is 1.21. The van der Waals surface area contributed by atoms with Crippen molar-refractivity contribution in [3.8, 4) is 6.07 Å². The third kappa shape index (κ3) is 2.39. The Kier molecular flexibility index (Phi) is 3.40. The molecule has 0 radical (unpaired) electrons. The average Bonchev–Trinajstić information content (AvgIpc) is 2.78. The molecule has 0 bridgehead atoms. The lowest BCUT2D eigenvalue weighted by Gasteiger charge is -2.05. The third-order valence-corrected chi connectivity index (χ3v) is 3.43. The second-order valence-corrected chi connectivity index (χ2v) is 4.61. The molecule has 2 aromatic rings. The third-order valence-electron chi connectivity index (χ3n) is 2.41. The van der Waals surface area contributed by atoms with Gasteiger partial charge in [-0.2, -0.15) is 5.26 Å². The number of amides is 1. The zero-order valence-electron chi connectivity index (χ0n) is 9.53. The van der Waals surface area contributed by atoms with Crippen molar-refractivity contribution >= 4 is 22.9 Å². The molecule has 0 saturated carbocycles. The summed E-state index contributed by atoms with van der Waals surface area (Å²) in [5, 5.41) is 13.2. The molecule has 1 N–H and O–H groups in total. The fourth-order valence-corrected chi connectivity index (χ4v) is 2.30. The molecule has 18 heavy (non-hydrogen) atoms. The monoisotopic (exact) mass is 260 g/mol. The van der Waals surface area contributed by atoms with E-state index in [-0.39, 0.29) is 11.5 Å². The molecule has 0 fully saturated rings. The van der Waals surface area contributed by atoms with Crippen LogP contribution >= 0.6 is 11.3 Å². The van der Waals surface area contributed by atoms with Gasteiger partial charge in [0.2, 0.25) is 0 Å². The minimum absolute atomic E-state index is 0.0873. The van der Waals surface area contributed by atoms with Crippen molar-refractivity contribution in [1.82, 2.24) is 0 Å². The van der Waals surface area contributed by atoms with Gasteiger partial charge in [0, 0.05) is 5.69 Å². The normalized spacial score (nSPS) is 9.83. The summed E-state index contributed by atoms with van der Waals surface area (Å²) in [6, 6.07) is 7.49. The number of anilines is 1. The topological polar surface area (TPSA) is 52.9 Å². The van der Waals surface area contributed by atoms with Crippen LogP contribution in [0.5, 0.6) is 0 Å². The van der Waals surface area contributed by atoms with Gasteiger partial charge in [-0.25, -0.2) is 4.39 Å². The second kappa shape index (κ2) is 4.98. The van der Waals surface area contributed by atoms with Crippen LogP contribution in [0, 0.1) is 24.1 Å². The highest BCUT2D eigenvalue weighted by Crippen LogP contribution is 2.19. The van der Waals surface area contributed by atoms with E-state index >= 15 is 0 Å². The molecule has 2 rings (SSSR count). The maximum Gasteiger partial charge on any atom is 0.265 e. The Labute approximate surface area is 107 Å². The summed E-state index contributed by atoms with van der Waals surface area (Å²) in [6.07, 6.45) is 0. The van der Waals surface area contributed by atoms with Gasteiger partial charge < -0.3 is 5.32 Å². The fourth-order valence-electron chi connectivity index (χ4n) is 1.48. The van der Waals surface area contributed by atoms with Gasteiger partial charge in [-0.05, 0) is 42.1 Å².